The first-order chi connectivity index (χ1) is 14.8. The monoisotopic (exact) mass is 463 g/mol. The van der Waals surface area contributed by atoms with Crippen molar-refractivity contribution < 1.29 is 18.8 Å². The highest BCUT2D eigenvalue weighted by atomic mass is 35.5. The van der Waals surface area contributed by atoms with Crippen molar-refractivity contribution in [2.45, 2.75) is 38.6 Å². The molecule has 1 atom stereocenters. The number of thiophene rings is 1. The Labute approximate surface area is 188 Å². The first-order valence-electron chi connectivity index (χ1n) is 10.3. The molecule has 2 N–H and O–H groups in total. The summed E-state index contributed by atoms with van der Waals surface area (Å²) in [7, 11) is 0. The molecule has 1 saturated heterocycles. The zero-order valence-corrected chi connectivity index (χ0v) is 18.6. The van der Waals surface area contributed by atoms with E-state index in [0.29, 0.717) is 29.0 Å². The number of carbonyl (C=O) groups excluding carboxylic acids is 3. The summed E-state index contributed by atoms with van der Waals surface area (Å²) in [6, 6.07) is 5.60. The lowest BCUT2D eigenvalue weighted by Gasteiger charge is -2.32. The number of nitrogens with one attached hydrogen (secondary N) is 2. The van der Waals surface area contributed by atoms with Gasteiger partial charge < -0.3 is 15.5 Å². The molecule has 1 aliphatic heterocycles. The van der Waals surface area contributed by atoms with E-state index >= 15 is 0 Å². The lowest BCUT2D eigenvalue weighted by molar-refractivity contribution is -0.126. The number of benzene rings is 1. The van der Waals surface area contributed by atoms with Gasteiger partial charge in [-0.2, -0.15) is 0 Å². The number of nitrogens with zero attached hydrogens (tertiary/aromatic N) is 1. The fraction of sp³-hybridized carbons (Fsp3) is 0.409. The fourth-order valence-corrected chi connectivity index (χ4v) is 4.96. The van der Waals surface area contributed by atoms with Crippen molar-refractivity contribution in [3.8, 4) is 0 Å². The molecule has 2 heterocycles. The van der Waals surface area contributed by atoms with E-state index in [4.69, 9.17) is 11.6 Å². The largest absolute Gasteiger partial charge is 0.353 e. The number of carbonyl (C=O) groups is 3. The van der Waals surface area contributed by atoms with Crippen molar-refractivity contribution in [1.82, 2.24) is 10.2 Å². The molecule has 1 unspecified atom stereocenters. The van der Waals surface area contributed by atoms with Gasteiger partial charge in [0.15, 0.2) is 0 Å². The molecule has 1 aliphatic carbocycles. The Balaban J connectivity index is 1.43. The molecule has 31 heavy (non-hydrogen) atoms. The number of aryl methyl sites for hydroxylation is 1. The van der Waals surface area contributed by atoms with Crippen molar-refractivity contribution in [1.29, 1.82) is 0 Å². The van der Waals surface area contributed by atoms with Crippen molar-refractivity contribution in [2.24, 2.45) is 5.92 Å². The summed E-state index contributed by atoms with van der Waals surface area (Å²) in [5, 5.41) is 6.28. The summed E-state index contributed by atoms with van der Waals surface area (Å²) in [5.74, 6) is -1.27. The maximum atomic E-state index is 13.2. The van der Waals surface area contributed by atoms with E-state index in [1.165, 1.54) is 23.5 Å². The Hall–Kier alpha value is -2.45. The standard InChI is InChI=1S/C22H23ClFN3O3S/c1-12-9-18(26-21(29)16-7-4-14(24)10-17(16)23)31-19(12)22(30)27-8-2-3-13(11-27)20(28)25-15-5-6-15/h4,7,9-10,13,15H,2-3,5-6,8,11H2,1H3,(H,25,28)(H,26,29). The molecule has 1 aromatic carbocycles. The molecule has 0 spiro atoms. The van der Waals surface area contributed by atoms with Crippen molar-refractivity contribution in [3.05, 3.63) is 51.1 Å². The Kier molecular flexibility index (Phi) is 6.29. The Morgan fingerprint density at radius 3 is 2.68 bits per heavy atom. The third-order valence-electron chi connectivity index (χ3n) is 5.53. The van der Waals surface area contributed by atoms with Crippen molar-refractivity contribution in [2.75, 3.05) is 18.4 Å². The van der Waals surface area contributed by atoms with Gasteiger partial charge in [0.25, 0.3) is 11.8 Å². The fourth-order valence-electron chi connectivity index (χ4n) is 3.67. The van der Waals surface area contributed by atoms with E-state index in [1.54, 1.807) is 11.0 Å². The SMILES string of the molecule is Cc1cc(NC(=O)c2ccc(F)cc2Cl)sc1C(=O)N1CCCC(C(=O)NC2CC2)C1. The number of rotatable bonds is 5. The van der Waals surface area contributed by atoms with Crippen LogP contribution in [0.2, 0.25) is 5.02 Å². The van der Waals surface area contributed by atoms with E-state index in [1.807, 2.05) is 6.92 Å². The number of hydrogen-bond acceptors (Lipinski definition) is 4. The van der Waals surface area contributed by atoms with Crippen LogP contribution in [0, 0.1) is 18.7 Å². The van der Waals surface area contributed by atoms with E-state index < -0.39 is 11.7 Å². The lowest BCUT2D eigenvalue weighted by Crippen LogP contribution is -2.45. The van der Waals surface area contributed by atoms with Crippen LogP contribution in [-0.2, 0) is 4.79 Å². The summed E-state index contributed by atoms with van der Waals surface area (Å²) in [6.45, 7) is 2.82. The Morgan fingerprint density at radius 1 is 1.19 bits per heavy atom. The van der Waals surface area contributed by atoms with Crippen molar-refractivity contribution >= 4 is 45.7 Å². The van der Waals surface area contributed by atoms with Crippen LogP contribution < -0.4 is 10.6 Å². The molecular formula is C22H23ClFN3O3S. The van der Waals surface area contributed by atoms with Crippen LogP contribution in [0.3, 0.4) is 0 Å². The highest BCUT2D eigenvalue weighted by Gasteiger charge is 2.33. The average Bonchev–Trinajstić information content (AvgIpc) is 3.47. The second kappa shape index (κ2) is 8.96. The summed E-state index contributed by atoms with van der Waals surface area (Å²) < 4.78 is 13.2. The van der Waals surface area contributed by atoms with E-state index in [0.717, 1.165) is 37.3 Å². The number of amides is 3. The molecule has 2 fully saturated rings. The summed E-state index contributed by atoms with van der Waals surface area (Å²) >= 11 is 7.15. The van der Waals surface area contributed by atoms with Gasteiger partial charge in [-0.1, -0.05) is 11.6 Å². The predicted molar refractivity (Wildman–Crippen MR) is 118 cm³/mol. The van der Waals surface area contributed by atoms with E-state index in [-0.39, 0.29) is 28.3 Å². The normalized spacial score (nSPS) is 18.5. The molecule has 2 aromatic rings. The minimum Gasteiger partial charge on any atom is -0.353 e. The molecular weight excluding hydrogens is 441 g/mol. The maximum Gasteiger partial charge on any atom is 0.264 e. The molecule has 1 saturated carbocycles. The minimum atomic E-state index is -0.521. The lowest BCUT2D eigenvalue weighted by atomic mass is 9.97. The molecule has 3 amide bonds. The summed E-state index contributed by atoms with van der Waals surface area (Å²) in [4.78, 5) is 40.3. The van der Waals surface area contributed by atoms with Crippen LogP contribution in [0.4, 0.5) is 9.39 Å². The average molecular weight is 464 g/mol. The molecule has 0 bridgehead atoms. The van der Waals surface area contributed by atoms with Gasteiger partial charge in [0, 0.05) is 19.1 Å². The highest BCUT2D eigenvalue weighted by molar-refractivity contribution is 7.18. The van der Waals surface area contributed by atoms with E-state index in [9.17, 15) is 18.8 Å². The van der Waals surface area contributed by atoms with Crippen LogP contribution >= 0.6 is 22.9 Å². The first kappa shape index (κ1) is 21.8. The highest BCUT2D eigenvalue weighted by Crippen LogP contribution is 2.31. The van der Waals surface area contributed by atoms with Crippen LogP contribution in [0.15, 0.2) is 24.3 Å². The summed E-state index contributed by atoms with van der Waals surface area (Å²) in [6.07, 6.45) is 3.64. The van der Waals surface area contributed by atoms with Gasteiger partial charge >= 0.3 is 0 Å². The molecule has 0 radical (unpaired) electrons. The predicted octanol–water partition coefficient (Wildman–Crippen LogP) is 4.23. The molecule has 6 nitrogen and oxygen atoms in total. The van der Waals surface area contributed by atoms with Crippen LogP contribution in [0.5, 0.6) is 0 Å². The third-order valence-corrected chi connectivity index (χ3v) is 6.98. The number of likely N-dealkylation sites (tertiary alicyclic amines) is 1. The molecule has 4 rings (SSSR count). The van der Waals surface area contributed by atoms with Gasteiger partial charge in [-0.05, 0) is 62.4 Å². The molecule has 164 valence electrons. The Morgan fingerprint density at radius 2 is 1.97 bits per heavy atom. The Bertz CT molecular complexity index is 1040. The van der Waals surface area contributed by atoms with Gasteiger partial charge in [-0.3, -0.25) is 14.4 Å². The summed E-state index contributed by atoms with van der Waals surface area (Å²) in [5.41, 5.74) is 0.905. The van der Waals surface area contributed by atoms with E-state index in [2.05, 4.69) is 10.6 Å². The minimum absolute atomic E-state index is 0.0194. The number of anilines is 1. The second-order valence-corrected chi connectivity index (χ2v) is 9.53. The molecule has 2 aliphatic rings. The smallest absolute Gasteiger partial charge is 0.264 e. The zero-order chi connectivity index (χ0) is 22.1. The third kappa shape index (κ3) is 5.07. The second-order valence-electron chi connectivity index (χ2n) is 8.07. The van der Waals surface area contributed by atoms with Crippen molar-refractivity contribution in [3.63, 3.8) is 0 Å². The van der Waals surface area contributed by atoms with Crippen LogP contribution in [-0.4, -0.2) is 41.8 Å². The number of hydrogen-bond donors (Lipinski definition) is 2. The quantitative estimate of drug-likeness (QED) is 0.696. The number of halogens is 2. The topological polar surface area (TPSA) is 78.5 Å². The van der Waals surface area contributed by atoms with Gasteiger partial charge in [0.2, 0.25) is 5.91 Å². The van der Waals surface area contributed by atoms with Gasteiger partial charge in [0.1, 0.15) is 5.82 Å². The van der Waals surface area contributed by atoms with Gasteiger partial charge in [-0.15, -0.1) is 11.3 Å². The van der Waals surface area contributed by atoms with Crippen LogP contribution in [0.25, 0.3) is 0 Å². The maximum absolute atomic E-state index is 13.2. The zero-order valence-electron chi connectivity index (χ0n) is 17.0. The van der Waals surface area contributed by atoms with Crippen LogP contribution in [0.1, 0.15) is 51.3 Å². The van der Waals surface area contributed by atoms with Gasteiger partial charge in [-0.25, -0.2) is 4.39 Å². The van der Waals surface area contributed by atoms with Gasteiger partial charge in [0.05, 0.1) is 26.4 Å². The molecule has 9 heteroatoms. The number of piperidine rings is 1. The molecule has 1 aromatic heterocycles. The first-order valence-corrected chi connectivity index (χ1v) is 11.5.